The van der Waals surface area contributed by atoms with Crippen molar-refractivity contribution in [2.45, 2.75) is 13.5 Å². The first kappa shape index (κ1) is 16.2. The Labute approximate surface area is 108 Å². The third-order valence-corrected chi connectivity index (χ3v) is 2.30. The molecule has 97 valence electrons. The predicted octanol–water partition coefficient (Wildman–Crippen LogP) is -0.749. The zero-order valence-electron chi connectivity index (χ0n) is 8.55. The molecule has 17 heavy (non-hydrogen) atoms. The fourth-order valence-electron chi connectivity index (χ4n) is 1.05. The summed E-state index contributed by atoms with van der Waals surface area (Å²) in [6, 6.07) is 0. The van der Waals surface area contributed by atoms with Crippen molar-refractivity contribution in [2.24, 2.45) is 0 Å². The van der Waals surface area contributed by atoms with E-state index in [0.29, 0.717) is 6.29 Å². The van der Waals surface area contributed by atoms with Gasteiger partial charge < -0.3 is 24.0 Å². The van der Waals surface area contributed by atoms with Crippen LogP contribution in [0.25, 0.3) is 0 Å². The fraction of sp³-hybridized carbons (Fsp3) is 0.250. The quantitative estimate of drug-likeness (QED) is 0.441. The number of phosphoric ester groups is 1. The monoisotopic (exact) mass is 308 g/mol. The van der Waals surface area contributed by atoms with E-state index in [1.54, 1.807) is 0 Å². The molecule has 0 spiro atoms. The molecule has 0 aliphatic rings. The smallest absolute Gasteiger partial charge is 0.790 e. The van der Waals surface area contributed by atoms with Crippen molar-refractivity contribution >= 4 is 14.1 Å². The Morgan fingerprint density at radius 3 is 2.65 bits per heavy atom. The van der Waals surface area contributed by atoms with Crippen LogP contribution in [-0.2, 0) is 32.8 Å². The van der Waals surface area contributed by atoms with Gasteiger partial charge >= 0.3 is 17.1 Å². The van der Waals surface area contributed by atoms with E-state index in [2.05, 4.69) is 9.51 Å². The first-order valence-electron chi connectivity index (χ1n) is 4.14. The van der Waals surface area contributed by atoms with Crippen LogP contribution in [0.4, 0.5) is 0 Å². The zero-order valence-corrected chi connectivity index (χ0v) is 10.4. The van der Waals surface area contributed by atoms with Crippen LogP contribution in [0.1, 0.15) is 21.6 Å². The van der Waals surface area contributed by atoms with Crippen molar-refractivity contribution < 1.29 is 45.8 Å². The number of phosphoric acid groups is 1. The minimum Gasteiger partial charge on any atom is -0.790 e. The van der Waals surface area contributed by atoms with Crippen molar-refractivity contribution in [3.05, 3.63) is 23.0 Å². The number of aromatic nitrogens is 1. The van der Waals surface area contributed by atoms with Crippen LogP contribution in [-0.4, -0.2) is 16.4 Å². The molecule has 0 bridgehead atoms. The molecule has 1 aromatic heterocycles. The Balaban J connectivity index is 0.00000256. The van der Waals surface area contributed by atoms with Crippen LogP contribution in [0, 0.1) is 6.92 Å². The standard InChI is InChI=1S/C8H10NO6P.Cu/c1-5-8(11)7(3-10)6(2-9-5)4-15-16(12,13)14;/h2-3,11H,4H2,1H3,(H2,12,13,14);/q;+2/p-2. The molecule has 0 saturated carbocycles. The Kier molecular flexibility index (Phi) is 5.98. The van der Waals surface area contributed by atoms with Gasteiger partial charge in [-0.3, -0.25) is 9.78 Å². The summed E-state index contributed by atoms with van der Waals surface area (Å²) in [7, 11) is -5.11. The number of nitrogens with zero attached hydrogens (tertiary/aromatic N) is 1. The second-order valence-corrected chi connectivity index (χ2v) is 4.12. The maximum absolute atomic E-state index is 10.7. The molecule has 0 amide bonds. The summed E-state index contributed by atoms with van der Waals surface area (Å²) >= 11 is 0. The Hall–Kier alpha value is -0.751. The molecule has 0 aliphatic carbocycles. The van der Waals surface area contributed by atoms with Gasteiger partial charge in [0.2, 0.25) is 0 Å². The molecule has 0 unspecified atom stereocenters. The number of hydrogen-bond donors (Lipinski definition) is 1. The third kappa shape index (κ3) is 4.55. The van der Waals surface area contributed by atoms with Crippen molar-refractivity contribution in [1.29, 1.82) is 0 Å². The minimum absolute atomic E-state index is 0. The van der Waals surface area contributed by atoms with Crippen molar-refractivity contribution in [1.82, 2.24) is 4.98 Å². The summed E-state index contributed by atoms with van der Waals surface area (Å²) in [4.78, 5) is 34.8. The molecule has 7 nitrogen and oxygen atoms in total. The van der Waals surface area contributed by atoms with Gasteiger partial charge in [0.15, 0.2) is 6.29 Å². The summed E-state index contributed by atoms with van der Waals surface area (Å²) < 4.78 is 14.2. The molecule has 0 aliphatic heterocycles. The second kappa shape index (κ2) is 6.25. The molecule has 0 atom stereocenters. The summed E-state index contributed by atoms with van der Waals surface area (Å²) in [5.74, 6) is -0.359. The van der Waals surface area contributed by atoms with Gasteiger partial charge in [0.05, 0.1) is 25.7 Å². The number of hydrogen-bond acceptors (Lipinski definition) is 7. The van der Waals surface area contributed by atoms with Gasteiger partial charge in [0, 0.05) is 11.8 Å². The van der Waals surface area contributed by atoms with E-state index in [9.17, 15) is 24.3 Å². The van der Waals surface area contributed by atoms with Gasteiger partial charge in [0.25, 0.3) is 0 Å². The summed E-state index contributed by atoms with van der Waals surface area (Å²) in [5.41, 5.74) is 0.115. The summed E-state index contributed by atoms with van der Waals surface area (Å²) in [6.07, 6.45) is 1.50. The second-order valence-electron chi connectivity index (χ2n) is 2.97. The van der Waals surface area contributed by atoms with Crippen LogP contribution in [0.2, 0.25) is 0 Å². The third-order valence-electron chi connectivity index (χ3n) is 1.85. The van der Waals surface area contributed by atoms with Crippen molar-refractivity contribution in [3.63, 3.8) is 0 Å². The number of rotatable bonds is 4. The summed E-state index contributed by atoms with van der Waals surface area (Å²) in [5, 5.41) is 9.43. The maximum Gasteiger partial charge on any atom is 2.00 e. The SMILES string of the molecule is Cc1ncc(COP(=O)([O-])[O-])c(C=O)c1O.[Cu+2]. The number of pyridine rings is 1. The van der Waals surface area contributed by atoms with Gasteiger partial charge in [-0.05, 0) is 6.92 Å². The van der Waals surface area contributed by atoms with E-state index < -0.39 is 14.4 Å². The number of aldehydes is 1. The van der Waals surface area contributed by atoms with E-state index in [-0.39, 0.29) is 39.6 Å². The van der Waals surface area contributed by atoms with E-state index in [1.807, 2.05) is 0 Å². The number of aryl methyl sites for hydroxylation is 1. The molecule has 0 fully saturated rings. The number of carbonyl (C=O) groups is 1. The number of carbonyl (C=O) groups excluding carboxylic acids is 1. The minimum atomic E-state index is -5.11. The average Bonchev–Trinajstić information content (AvgIpc) is 2.18. The van der Waals surface area contributed by atoms with Crippen molar-refractivity contribution in [3.8, 4) is 5.75 Å². The largest absolute Gasteiger partial charge is 2.00 e. The number of aromatic hydroxyl groups is 1. The molecule has 9 heteroatoms. The van der Waals surface area contributed by atoms with E-state index in [1.165, 1.54) is 6.92 Å². The predicted molar refractivity (Wildman–Crippen MR) is 48.4 cm³/mol. The van der Waals surface area contributed by atoms with Gasteiger partial charge in [-0.15, -0.1) is 0 Å². The van der Waals surface area contributed by atoms with E-state index in [4.69, 9.17) is 0 Å². The first-order valence-corrected chi connectivity index (χ1v) is 5.60. The first-order chi connectivity index (χ1) is 7.35. The molecule has 1 rings (SSSR count). The molecular formula is C8H8CuNO6P. The average molecular weight is 309 g/mol. The van der Waals surface area contributed by atoms with Gasteiger partial charge in [0.1, 0.15) is 5.75 Å². The van der Waals surface area contributed by atoms with Gasteiger partial charge in [-0.25, -0.2) is 0 Å². The van der Waals surface area contributed by atoms with Gasteiger partial charge in [-0.1, -0.05) is 0 Å². The molecule has 0 saturated heterocycles. The zero-order chi connectivity index (χ0) is 12.3. The Morgan fingerprint density at radius 2 is 2.18 bits per heavy atom. The summed E-state index contributed by atoms with van der Waals surface area (Å²) in [6.45, 7) is 0.845. The molecule has 1 aromatic rings. The molecular weight excluding hydrogens is 301 g/mol. The normalized spacial score (nSPS) is 10.8. The van der Waals surface area contributed by atoms with Crippen LogP contribution < -0.4 is 9.79 Å². The van der Waals surface area contributed by atoms with Crippen LogP contribution in [0.3, 0.4) is 0 Å². The maximum atomic E-state index is 10.7. The molecule has 1 radical (unpaired) electrons. The van der Waals surface area contributed by atoms with Gasteiger partial charge in [-0.2, -0.15) is 0 Å². The van der Waals surface area contributed by atoms with E-state index >= 15 is 0 Å². The molecule has 1 N–H and O–H groups in total. The van der Waals surface area contributed by atoms with Crippen molar-refractivity contribution in [2.75, 3.05) is 0 Å². The Morgan fingerprint density at radius 1 is 1.59 bits per heavy atom. The van der Waals surface area contributed by atoms with Crippen LogP contribution in [0.5, 0.6) is 5.75 Å². The molecule has 0 aromatic carbocycles. The fourth-order valence-corrected chi connectivity index (χ4v) is 1.34. The Bertz CT molecular complexity index is 460. The van der Waals surface area contributed by atoms with Crippen LogP contribution in [0.15, 0.2) is 6.20 Å². The molecule has 1 heterocycles. The van der Waals surface area contributed by atoms with Crippen LogP contribution >= 0.6 is 7.82 Å². The van der Waals surface area contributed by atoms with E-state index in [0.717, 1.165) is 6.20 Å². The topological polar surface area (TPSA) is 123 Å².